The number of amidine groups is 1. The van der Waals surface area contributed by atoms with Gasteiger partial charge in [0.05, 0.1) is 12.1 Å². The molecule has 0 amide bonds. The molecule has 1 fully saturated rings. The van der Waals surface area contributed by atoms with E-state index in [1.54, 1.807) is 0 Å². The minimum atomic E-state index is 0.275. The third kappa shape index (κ3) is 4.42. The van der Waals surface area contributed by atoms with E-state index in [0.29, 0.717) is 11.7 Å². The number of aryl methyl sites for hydroxylation is 1. The molecule has 0 bridgehead atoms. The van der Waals surface area contributed by atoms with Crippen molar-refractivity contribution >= 4 is 40.2 Å². The average molecular weight is 435 g/mol. The fourth-order valence-corrected chi connectivity index (χ4v) is 4.31. The summed E-state index contributed by atoms with van der Waals surface area (Å²) in [6.45, 7) is 5.13. The lowest BCUT2D eigenvalue weighted by molar-refractivity contribution is 0.174. The van der Waals surface area contributed by atoms with Gasteiger partial charge >= 0.3 is 0 Å². The van der Waals surface area contributed by atoms with Crippen LogP contribution in [0.15, 0.2) is 47.5 Å². The number of hydrogen-bond donors (Lipinski definition) is 2. The van der Waals surface area contributed by atoms with Crippen LogP contribution < -0.4 is 19.7 Å². The van der Waals surface area contributed by atoms with E-state index in [0.717, 1.165) is 52.6 Å². The summed E-state index contributed by atoms with van der Waals surface area (Å²) in [6, 6.07) is 14.3. The molecule has 0 spiro atoms. The molecule has 3 heterocycles. The lowest BCUT2D eigenvalue weighted by Gasteiger charge is -2.28. The van der Waals surface area contributed by atoms with Crippen molar-refractivity contribution in [1.82, 2.24) is 4.98 Å². The SMILES string of the molecule is Cc1cc(N2CCCCC2)nc2ccc(N/C(S)=N/Cc3ccc4c(c3)OCO4)cc12. The van der Waals surface area contributed by atoms with Crippen LogP contribution >= 0.6 is 12.6 Å². The molecule has 6 nitrogen and oxygen atoms in total. The molecule has 1 saturated heterocycles. The van der Waals surface area contributed by atoms with Crippen molar-refractivity contribution in [1.29, 1.82) is 0 Å². The van der Waals surface area contributed by atoms with Crippen molar-refractivity contribution < 1.29 is 9.47 Å². The van der Waals surface area contributed by atoms with Crippen molar-refractivity contribution in [3.63, 3.8) is 0 Å². The minimum absolute atomic E-state index is 0.275. The van der Waals surface area contributed by atoms with E-state index in [9.17, 15) is 0 Å². The number of pyridine rings is 1. The Morgan fingerprint density at radius 1 is 1.06 bits per heavy atom. The highest BCUT2D eigenvalue weighted by Gasteiger charge is 2.15. The van der Waals surface area contributed by atoms with Crippen LogP contribution in [0.25, 0.3) is 10.9 Å². The zero-order valence-corrected chi connectivity index (χ0v) is 18.5. The molecular weight excluding hydrogens is 408 g/mol. The molecule has 2 aromatic carbocycles. The lowest BCUT2D eigenvalue weighted by Crippen LogP contribution is -2.30. The second-order valence-corrected chi connectivity index (χ2v) is 8.45. The average Bonchev–Trinajstić information content (AvgIpc) is 3.26. The van der Waals surface area contributed by atoms with Crippen molar-refractivity contribution in [3.05, 3.63) is 53.6 Å². The van der Waals surface area contributed by atoms with Crippen molar-refractivity contribution in [2.75, 3.05) is 30.1 Å². The molecule has 2 aliphatic rings. The molecule has 5 rings (SSSR count). The number of nitrogens with one attached hydrogen (secondary N) is 1. The van der Waals surface area contributed by atoms with Gasteiger partial charge in [0.15, 0.2) is 16.7 Å². The Hall–Kier alpha value is -2.93. The summed E-state index contributed by atoms with van der Waals surface area (Å²) in [5, 5.41) is 4.99. The summed E-state index contributed by atoms with van der Waals surface area (Å²) in [4.78, 5) is 11.9. The summed E-state index contributed by atoms with van der Waals surface area (Å²) in [6.07, 6.45) is 3.82. The Morgan fingerprint density at radius 3 is 2.77 bits per heavy atom. The van der Waals surface area contributed by atoms with Crippen LogP contribution in [0.3, 0.4) is 0 Å². The largest absolute Gasteiger partial charge is 0.454 e. The maximum Gasteiger partial charge on any atom is 0.231 e. The topological polar surface area (TPSA) is 59.0 Å². The van der Waals surface area contributed by atoms with Crippen LogP contribution in [0.1, 0.15) is 30.4 Å². The predicted octanol–water partition coefficient (Wildman–Crippen LogP) is 5.16. The number of fused-ring (bicyclic) bond motifs is 2. The summed E-state index contributed by atoms with van der Waals surface area (Å²) in [5.41, 5.74) is 4.24. The van der Waals surface area contributed by atoms with Gasteiger partial charge in [-0.25, -0.2) is 4.98 Å². The fraction of sp³-hybridized carbons (Fsp3) is 0.333. The van der Waals surface area contributed by atoms with Crippen LogP contribution in [0, 0.1) is 6.92 Å². The van der Waals surface area contributed by atoms with Crippen LogP contribution in [-0.2, 0) is 6.54 Å². The second kappa shape index (κ2) is 8.67. The first-order chi connectivity index (χ1) is 15.2. The van der Waals surface area contributed by atoms with E-state index in [1.165, 1.54) is 24.8 Å². The summed E-state index contributed by atoms with van der Waals surface area (Å²) >= 11 is 4.52. The van der Waals surface area contributed by atoms with Gasteiger partial charge in [-0.05, 0) is 73.7 Å². The molecule has 31 heavy (non-hydrogen) atoms. The second-order valence-electron chi connectivity index (χ2n) is 8.03. The summed E-state index contributed by atoms with van der Waals surface area (Å²) in [7, 11) is 0. The molecule has 2 aliphatic heterocycles. The van der Waals surface area contributed by atoms with Gasteiger partial charge in [-0.2, -0.15) is 0 Å². The number of benzene rings is 2. The monoisotopic (exact) mass is 434 g/mol. The van der Waals surface area contributed by atoms with E-state index >= 15 is 0 Å². The smallest absolute Gasteiger partial charge is 0.231 e. The molecule has 0 atom stereocenters. The number of thiol groups is 1. The minimum Gasteiger partial charge on any atom is -0.454 e. The molecule has 7 heteroatoms. The van der Waals surface area contributed by atoms with E-state index in [2.05, 4.69) is 53.0 Å². The Bertz CT molecular complexity index is 1140. The Morgan fingerprint density at radius 2 is 1.90 bits per heavy atom. The van der Waals surface area contributed by atoms with Gasteiger partial charge in [0.1, 0.15) is 5.82 Å². The Kier molecular flexibility index (Phi) is 5.59. The third-order valence-electron chi connectivity index (χ3n) is 5.79. The van der Waals surface area contributed by atoms with Gasteiger partial charge < -0.3 is 19.7 Å². The molecule has 0 saturated carbocycles. The standard InChI is InChI=1S/C24H26N4O2S/c1-16-11-23(28-9-3-2-4-10-28)27-20-7-6-18(13-19(16)20)26-24(31)25-14-17-5-8-21-22(12-17)30-15-29-21/h5-8,11-13H,2-4,9-10,14-15H2,1H3,(H2,25,26,31). The number of rotatable bonds is 4. The summed E-state index contributed by atoms with van der Waals surface area (Å²) in [5.74, 6) is 2.63. The van der Waals surface area contributed by atoms with Gasteiger partial charge in [0.2, 0.25) is 6.79 Å². The van der Waals surface area contributed by atoms with Gasteiger partial charge in [0, 0.05) is 24.2 Å². The number of nitrogens with zero attached hydrogens (tertiary/aromatic N) is 3. The van der Waals surface area contributed by atoms with Crippen molar-refractivity contribution in [2.24, 2.45) is 4.99 Å². The van der Waals surface area contributed by atoms with Crippen LogP contribution in [0.2, 0.25) is 0 Å². The van der Waals surface area contributed by atoms with Gasteiger partial charge in [-0.1, -0.05) is 6.07 Å². The lowest BCUT2D eigenvalue weighted by atomic mass is 10.1. The number of aromatic nitrogens is 1. The van der Waals surface area contributed by atoms with E-state index < -0.39 is 0 Å². The highest BCUT2D eigenvalue weighted by Crippen LogP contribution is 2.32. The van der Waals surface area contributed by atoms with Gasteiger partial charge in [0.25, 0.3) is 0 Å². The Balaban J connectivity index is 1.30. The van der Waals surface area contributed by atoms with Crippen molar-refractivity contribution in [2.45, 2.75) is 32.7 Å². The quantitative estimate of drug-likeness (QED) is 0.337. The van der Waals surface area contributed by atoms with Crippen LogP contribution in [0.4, 0.5) is 11.5 Å². The first kappa shape index (κ1) is 20.0. The number of piperidine rings is 1. The molecule has 0 radical (unpaired) electrons. The van der Waals surface area contributed by atoms with E-state index in [4.69, 9.17) is 14.5 Å². The maximum absolute atomic E-state index is 5.43. The van der Waals surface area contributed by atoms with Crippen LogP contribution in [0.5, 0.6) is 11.5 Å². The van der Waals surface area contributed by atoms with Gasteiger partial charge in [-0.3, -0.25) is 4.99 Å². The molecule has 3 aromatic rings. The predicted molar refractivity (Wildman–Crippen MR) is 129 cm³/mol. The van der Waals surface area contributed by atoms with E-state index in [1.807, 2.05) is 24.3 Å². The molecule has 1 aromatic heterocycles. The van der Waals surface area contributed by atoms with Crippen molar-refractivity contribution in [3.8, 4) is 11.5 Å². The first-order valence-corrected chi connectivity index (χ1v) is 11.2. The molecular formula is C24H26N4O2S. The summed E-state index contributed by atoms with van der Waals surface area (Å²) < 4.78 is 10.8. The fourth-order valence-electron chi connectivity index (χ4n) is 4.11. The van der Waals surface area contributed by atoms with E-state index in [-0.39, 0.29) is 6.79 Å². The zero-order chi connectivity index (χ0) is 21.2. The molecule has 0 unspecified atom stereocenters. The van der Waals surface area contributed by atoms with Crippen LogP contribution in [-0.4, -0.2) is 30.0 Å². The first-order valence-electron chi connectivity index (χ1n) is 10.7. The zero-order valence-electron chi connectivity index (χ0n) is 17.6. The maximum atomic E-state index is 5.43. The number of ether oxygens (including phenoxy) is 2. The molecule has 160 valence electrons. The Labute approximate surface area is 187 Å². The number of aliphatic imine (C=N–C) groups is 1. The molecule has 1 N–H and O–H groups in total. The third-order valence-corrected chi connectivity index (χ3v) is 6.04. The molecule has 0 aliphatic carbocycles. The van der Waals surface area contributed by atoms with Gasteiger partial charge in [-0.15, -0.1) is 12.6 Å². The number of hydrogen-bond acceptors (Lipinski definition) is 5. The highest BCUT2D eigenvalue weighted by atomic mass is 32.1. The number of anilines is 2. The normalized spacial score (nSPS) is 16.1. The highest BCUT2D eigenvalue weighted by molar-refractivity contribution is 7.97.